The van der Waals surface area contributed by atoms with Gasteiger partial charge in [0.05, 0.1) is 0 Å². The number of halogens is 2. The summed E-state index contributed by atoms with van der Waals surface area (Å²) in [6.07, 6.45) is 2.94. The lowest BCUT2D eigenvalue weighted by Gasteiger charge is -2.24. The number of hydrogen-bond acceptors (Lipinski definition) is 1. The second-order valence-corrected chi connectivity index (χ2v) is 6.53. The Hall–Kier alpha value is -1.19. The van der Waals surface area contributed by atoms with Crippen LogP contribution >= 0.6 is 15.9 Å². The molecule has 104 valence electrons. The van der Waals surface area contributed by atoms with E-state index in [1.54, 1.807) is 6.07 Å². The molecule has 2 aromatic carbocycles. The summed E-state index contributed by atoms with van der Waals surface area (Å²) in [6.45, 7) is 0. The Kier molecular flexibility index (Phi) is 3.65. The van der Waals surface area contributed by atoms with Crippen LogP contribution < -0.4 is 5.73 Å². The Balaban J connectivity index is 1.81. The zero-order valence-corrected chi connectivity index (χ0v) is 12.7. The van der Waals surface area contributed by atoms with E-state index < -0.39 is 0 Å². The molecular formula is C17H17BrFN. The SMILES string of the molecule is NC(Cc1cc(F)cc(Br)c1)C1(c2ccccc2)CC1. The maximum Gasteiger partial charge on any atom is 0.124 e. The van der Waals surface area contributed by atoms with E-state index in [-0.39, 0.29) is 17.3 Å². The Bertz CT molecular complexity index is 587. The molecule has 0 amide bonds. The van der Waals surface area contributed by atoms with E-state index in [0.29, 0.717) is 6.42 Å². The standard InChI is InChI=1S/C17H17BrFN/c18-14-8-12(9-15(19)11-14)10-16(20)17(6-7-17)13-4-2-1-3-5-13/h1-5,8-9,11,16H,6-7,10,20H2. The Morgan fingerprint density at radius 1 is 1.15 bits per heavy atom. The molecule has 20 heavy (non-hydrogen) atoms. The minimum absolute atomic E-state index is 0.0265. The largest absolute Gasteiger partial charge is 0.327 e. The summed E-state index contributed by atoms with van der Waals surface area (Å²) in [7, 11) is 0. The molecule has 0 radical (unpaired) electrons. The lowest BCUT2D eigenvalue weighted by atomic mass is 9.85. The van der Waals surface area contributed by atoms with Crippen molar-refractivity contribution < 1.29 is 4.39 Å². The van der Waals surface area contributed by atoms with E-state index in [9.17, 15) is 4.39 Å². The van der Waals surface area contributed by atoms with Crippen molar-refractivity contribution in [2.75, 3.05) is 0 Å². The van der Waals surface area contributed by atoms with Crippen molar-refractivity contribution in [3.8, 4) is 0 Å². The molecule has 2 aromatic rings. The predicted octanol–water partition coefficient (Wildman–Crippen LogP) is 4.19. The summed E-state index contributed by atoms with van der Waals surface area (Å²) in [4.78, 5) is 0. The van der Waals surface area contributed by atoms with E-state index in [2.05, 4.69) is 40.2 Å². The molecule has 1 saturated carbocycles. The minimum atomic E-state index is -0.217. The Morgan fingerprint density at radius 3 is 2.45 bits per heavy atom. The Morgan fingerprint density at radius 2 is 1.85 bits per heavy atom. The fourth-order valence-electron chi connectivity index (χ4n) is 2.96. The highest BCUT2D eigenvalue weighted by atomic mass is 79.9. The zero-order valence-electron chi connectivity index (χ0n) is 11.2. The first-order valence-corrected chi connectivity index (χ1v) is 7.65. The van der Waals surface area contributed by atoms with Gasteiger partial charge in [-0.1, -0.05) is 46.3 Å². The molecule has 0 aromatic heterocycles. The van der Waals surface area contributed by atoms with Crippen molar-refractivity contribution in [3.05, 3.63) is 69.9 Å². The van der Waals surface area contributed by atoms with Crippen molar-refractivity contribution in [1.82, 2.24) is 0 Å². The first kappa shape index (κ1) is 13.8. The maximum absolute atomic E-state index is 13.4. The van der Waals surface area contributed by atoms with E-state index in [4.69, 9.17) is 5.73 Å². The van der Waals surface area contributed by atoms with Gasteiger partial charge in [0, 0.05) is 15.9 Å². The summed E-state index contributed by atoms with van der Waals surface area (Å²) in [6, 6.07) is 15.5. The van der Waals surface area contributed by atoms with E-state index in [1.807, 2.05) is 12.1 Å². The average molecular weight is 334 g/mol. The third kappa shape index (κ3) is 2.65. The number of benzene rings is 2. The van der Waals surface area contributed by atoms with Crippen LogP contribution in [0.15, 0.2) is 53.0 Å². The normalized spacial score (nSPS) is 17.8. The van der Waals surface area contributed by atoms with E-state index in [0.717, 1.165) is 22.9 Å². The average Bonchev–Trinajstić information content (AvgIpc) is 3.20. The van der Waals surface area contributed by atoms with Gasteiger partial charge in [0.25, 0.3) is 0 Å². The van der Waals surface area contributed by atoms with Crippen LogP contribution in [-0.4, -0.2) is 6.04 Å². The molecule has 0 saturated heterocycles. The summed E-state index contributed by atoms with van der Waals surface area (Å²) in [5.74, 6) is -0.217. The second kappa shape index (κ2) is 5.30. The summed E-state index contributed by atoms with van der Waals surface area (Å²) in [5, 5.41) is 0. The molecule has 0 aliphatic heterocycles. The zero-order chi connectivity index (χ0) is 14.2. The third-order valence-corrected chi connectivity index (χ3v) is 4.68. The van der Waals surface area contributed by atoms with Crippen LogP contribution in [0.3, 0.4) is 0 Å². The summed E-state index contributed by atoms with van der Waals surface area (Å²) >= 11 is 3.33. The lowest BCUT2D eigenvalue weighted by Crippen LogP contribution is -2.36. The first-order valence-electron chi connectivity index (χ1n) is 6.86. The van der Waals surface area contributed by atoms with Crippen molar-refractivity contribution in [1.29, 1.82) is 0 Å². The number of hydrogen-bond donors (Lipinski definition) is 1. The molecule has 0 spiro atoms. The Labute approximate surface area is 127 Å². The fourth-order valence-corrected chi connectivity index (χ4v) is 3.47. The fraction of sp³-hybridized carbons (Fsp3) is 0.294. The van der Waals surface area contributed by atoms with Gasteiger partial charge in [-0.15, -0.1) is 0 Å². The van der Waals surface area contributed by atoms with Gasteiger partial charge in [-0.25, -0.2) is 4.39 Å². The lowest BCUT2D eigenvalue weighted by molar-refractivity contribution is 0.512. The highest BCUT2D eigenvalue weighted by Crippen LogP contribution is 2.50. The van der Waals surface area contributed by atoms with Gasteiger partial charge in [0.2, 0.25) is 0 Å². The van der Waals surface area contributed by atoms with Crippen molar-refractivity contribution >= 4 is 15.9 Å². The van der Waals surface area contributed by atoms with Crippen LogP contribution in [0.25, 0.3) is 0 Å². The number of rotatable bonds is 4. The van der Waals surface area contributed by atoms with Gasteiger partial charge in [-0.2, -0.15) is 0 Å². The van der Waals surface area contributed by atoms with Gasteiger partial charge < -0.3 is 5.73 Å². The van der Waals surface area contributed by atoms with Crippen molar-refractivity contribution in [2.45, 2.75) is 30.7 Å². The molecule has 1 atom stereocenters. The molecule has 3 heteroatoms. The molecule has 2 N–H and O–H groups in total. The molecule has 1 aliphatic carbocycles. The molecule has 0 heterocycles. The van der Waals surface area contributed by atoms with Crippen LogP contribution in [-0.2, 0) is 11.8 Å². The smallest absolute Gasteiger partial charge is 0.124 e. The summed E-state index contributed by atoms with van der Waals surface area (Å²) < 4.78 is 14.2. The van der Waals surface area contributed by atoms with Crippen LogP contribution in [0.1, 0.15) is 24.0 Å². The maximum atomic E-state index is 13.4. The quantitative estimate of drug-likeness (QED) is 0.891. The van der Waals surface area contributed by atoms with Crippen molar-refractivity contribution in [3.63, 3.8) is 0 Å². The van der Waals surface area contributed by atoms with Gasteiger partial charge in [0.1, 0.15) is 5.82 Å². The minimum Gasteiger partial charge on any atom is -0.327 e. The van der Waals surface area contributed by atoms with Crippen molar-refractivity contribution in [2.24, 2.45) is 5.73 Å². The predicted molar refractivity (Wildman–Crippen MR) is 83.1 cm³/mol. The second-order valence-electron chi connectivity index (χ2n) is 5.61. The molecule has 3 rings (SSSR count). The molecule has 1 nitrogen and oxygen atoms in total. The van der Waals surface area contributed by atoms with Crippen LogP contribution in [0.4, 0.5) is 4.39 Å². The molecule has 1 unspecified atom stereocenters. The highest BCUT2D eigenvalue weighted by molar-refractivity contribution is 9.10. The molecular weight excluding hydrogens is 317 g/mol. The van der Waals surface area contributed by atoms with Crippen LogP contribution in [0.5, 0.6) is 0 Å². The number of nitrogens with two attached hydrogens (primary N) is 1. The van der Waals surface area contributed by atoms with Crippen LogP contribution in [0, 0.1) is 5.82 Å². The van der Waals surface area contributed by atoms with Crippen LogP contribution in [0.2, 0.25) is 0 Å². The van der Waals surface area contributed by atoms with Gasteiger partial charge in [-0.05, 0) is 48.6 Å². The first-order chi connectivity index (χ1) is 9.60. The van der Waals surface area contributed by atoms with E-state index >= 15 is 0 Å². The molecule has 1 aliphatic rings. The topological polar surface area (TPSA) is 26.0 Å². The van der Waals surface area contributed by atoms with E-state index in [1.165, 1.54) is 11.6 Å². The summed E-state index contributed by atoms with van der Waals surface area (Å²) in [5.41, 5.74) is 8.78. The molecule has 0 bridgehead atoms. The van der Waals surface area contributed by atoms with Gasteiger partial charge in [-0.3, -0.25) is 0 Å². The third-order valence-electron chi connectivity index (χ3n) is 4.23. The van der Waals surface area contributed by atoms with Gasteiger partial charge in [0.15, 0.2) is 0 Å². The van der Waals surface area contributed by atoms with Gasteiger partial charge >= 0.3 is 0 Å². The highest BCUT2D eigenvalue weighted by Gasteiger charge is 2.48. The monoisotopic (exact) mass is 333 g/mol. The molecule has 1 fully saturated rings.